The molecule has 4 nitrogen and oxygen atoms in total. The van der Waals surface area contributed by atoms with Gasteiger partial charge in [-0.05, 0) is 12.1 Å². The van der Waals surface area contributed by atoms with Gasteiger partial charge in [0.1, 0.15) is 5.76 Å². The third-order valence-corrected chi connectivity index (χ3v) is 2.31. The molecular weight excluding hydrogens is 206 g/mol. The molecule has 0 aliphatic rings. The number of carbonyl (C=O) groups excluding carboxylic acids is 1. The van der Waals surface area contributed by atoms with Crippen LogP contribution in [0, 0.1) is 0 Å². The summed E-state index contributed by atoms with van der Waals surface area (Å²) >= 11 is 0. The van der Waals surface area contributed by atoms with Crippen LogP contribution in [-0.2, 0) is 6.42 Å². The minimum Gasteiger partial charge on any atom is -0.457 e. The van der Waals surface area contributed by atoms with E-state index in [4.69, 9.17) is 9.15 Å². The zero-order valence-corrected chi connectivity index (χ0v) is 9.24. The molecule has 0 bridgehead atoms. The summed E-state index contributed by atoms with van der Waals surface area (Å²) in [5, 5.41) is 3.34. The Morgan fingerprint density at radius 1 is 1.50 bits per heavy atom. The Bertz CT molecular complexity index is 516. The van der Waals surface area contributed by atoms with Crippen molar-refractivity contribution in [3.63, 3.8) is 0 Å². The molecule has 1 amide bonds. The molecule has 0 spiro atoms. The van der Waals surface area contributed by atoms with Crippen molar-refractivity contribution in [2.75, 3.05) is 7.05 Å². The van der Waals surface area contributed by atoms with E-state index in [2.05, 4.69) is 5.32 Å². The average molecular weight is 219 g/mol. The number of rotatable bonds is 2. The number of aryl methyl sites for hydroxylation is 1. The first kappa shape index (κ1) is 10.5. The first-order chi connectivity index (χ1) is 7.74. The SMILES string of the molecule is CCc1cc2cccc(OC(=O)NC)c2o1. The number of ether oxygens (including phenoxy) is 1. The van der Waals surface area contributed by atoms with Crippen LogP contribution in [0.25, 0.3) is 11.0 Å². The van der Waals surface area contributed by atoms with Crippen molar-refractivity contribution in [3.8, 4) is 5.75 Å². The van der Waals surface area contributed by atoms with Crippen molar-refractivity contribution in [2.24, 2.45) is 0 Å². The van der Waals surface area contributed by atoms with Gasteiger partial charge in [-0.2, -0.15) is 0 Å². The summed E-state index contributed by atoms with van der Waals surface area (Å²) in [7, 11) is 1.52. The first-order valence-corrected chi connectivity index (χ1v) is 5.15. The molecule has 0 fully saturated rings. The highest BCUT2D eigenvalue weighted by Gasteiger charge is 2.10. The van der Waals surface area contributed by atoms with E-state index < -0.39 is 6.09 Å². The molecule has 1 heterocycles. The maximum Gasteiger partial charge on any atom is 0.412 e. The van der Waals surface area contributed by atoms with Crippen LogP contribution in [0.3, 0.4) is 0 Å². The molecular formula is C12H13NO3. The third-order valence-electron chi connectivity index (χ3n) is 2.31. The summed E-state index contributed by atoms with van der Waals surface area (Å²) in [4.78, 5) is 11.1. The van der Waals surface area contributed by atoms with Gasteiger partial charge in [0.2, 0.25) is 0 Å². The van der Waals surface area contributed by atoms with E-state index >= 15 is 0 Å². The topological polar surface area (TPSA) is 51.5 Å². The van der Waals surface area contributed by atoms with Crippen molar-refractivity contribution in [3.05, 3.63) is 30.0 Å². The Hall–Kier alpha value is -1.97. The van der Waals surface area contributed by atoms with E-state index in [-0.39, 0.29) is 0 Å². The number of hydrogen-bond donors (Lipinski definition) is 1. The number of carbonyl (C=O) groups is 1. The largest absolute Gasteiger partial charge is 0.457 e. The van der Waals surface area contributed by atoms with Crippen LogP contribution >= 0.6 is 0 Å². The van der Waals surface area contributed by atoms with Crippen LogP contribution in [-0.4, -0.2) is 13.1 Å². The molecule has 1 N–H and O–H groups in total. The van der Waals surface area contributed by atoms with E-state index in [9.17, 15) is 4.79 Å². The van der Waals surface area contributed by atoms with Gasteiger partial charge in [0.05, 0.1) is 0 Å². The molecule has 1 aromatic heterocycles. The Morgan fingerprint density at radius 2 is 2.31 bits per heavy atom. The number of benzene rings is 1. The minimum atomic E-state index is -0.498. The van der Waals surface area contributed by atoms with Gasteiger partial charge in [0, 0.05) is 18.9 Å². The van der Waals surface area contributed by atoms with Crippen LogP contribution in [0.5, 0.6) is 5.75 Å². The molecule has 0 atom stereocenters. The van der Waals surface area contributed by atoms with Gasteiger partial charge in [-0.25, -0.2) is 4.79 Å². The van der Waals surface area contributed by atoms with Crippen molar-refractivity contribution < 1.29 is 13.9 Å². The molecule has 0 aliphatic carbocycles. The third kappa shape index (κ3) is 1.86. The van der Waals surface area contributed by atoms with E-state index in [0.29, 0.717) is 11.3 Å². The number of nitrogens with one attached hydrogen (secondary N) is 1. The van der Waals surface area contributed by atoms with Crippen molar-refractivity contribution in [1.82, 2.24) is 5.32 Å². The smallest absolute Gasteiger partial charge is 0.412 e. The fraction of sp³-hybridized carbons (Fsp3) is 0.250. The molecule has 1 aromatic carbocycles. The predicted octanol–water partition coefficient (Wildman–Crippen LogP) is 2.71. The lowest BCUT2D eigenvalue weighted by atomic mass is 10.2. The molecule has 2 rings (SSSR count). The molecule has 84 valence electrons. The van der Waals surface area contributed by atoms with Gasteiger partial charge in [-0.1, -0.05) is 19.1 Å². The molecule has 2 aromatic rings. The molecule has 0 saturated heterocycles. The summed E-state index contributed by atoms with van der Waals surface area (Å²) in [5.41, 5.74) is 0.614. The molecule has 0 radical (unpaired) electrons. The predicted molar refractivity (Wildman–Crippen MR) is 60.7 cm³/mol. The van der Waals surface area contributed by atoms with E-state index in [1.165, 1.54) is 7.05 Å². The van der Waals surface area contributed by atoms with Gasteiger partial charge >= 0.3 is 6.09 Å². The van der Waals surface area contributed by atoms with Crippen molar-refractivity contribution in [2.45, 2.75) is 13.3 Å². The fourth-order valence-electron chi connectivity index (χ4n) is 1.50. The molecule has 0 unspecified atom stereocenters. The van der Waals surface area contributed by atoms with Crippen LogP contribution in [0.4, 0.5) is 4.79 Å². The highest BCUT2D eigenvalue weighted by molar-refractivity contribution is 5.86. The second kappa shape index (κ2) is 4.26. The average Bonchev–Trinajstić information content (AvgIpc) is 2.73. The van der Waals surface area contributed by atoms with E-state index in [1.807, 2.05) is 25.1 Å². The maximum atomic E-state index is 11.1. The Morgan fingerprint density at radius 3 is 3.00 bits per heavy atom. The zero-order valence-electron chi connectivity index (χ0n) is 9.24. The highest BCUT2D eigenvalue weighted by atomic mass is 16.6. The quantitative estimate of drug-likeness (QED) is 0.844. The number of furan rings is 1. The number of para-hydroxylation sites is 1. The summed E-state index contributed by atoms with van der Waals surface area (Å²) in [5.74, 6) is 1.32. The lowest BCUT2D eigenvalue weighted by molar-refractivity contribution is 0.203. The lowest BCUT2D eigenvalue weighted by Crippen LogP contribution is -2.22. The van der Waals surface area contributed by atoms with Gasteiger partial charge < -0.3 is 14.5 Å². The van der Waals surface area contributed by atoms with E-state index in [1.54, 1.807) is 6.07 Å². The minimum absolute atomic E-state index is 0.441. The number of fused-ring (bicyclic) bond motifs is 1. The van der Waals surface area contributed by atoms with Crippen LogP contribution in [0.2, 0.25) is 0 Å². The molecule has 0 saturated carbocycles. The van der Waals surface area contributed by atoms with Gasteiger partial charge in [-0.3, -0.25) is 0 Å². The maximum absolute atomic E-state index is 11.1. The number of hydrogen-bond acceptors (Lipinski definition) is 3. The number of amides is 1. The zero-order chi connectivity index (χ0) is 11.5. The van der Waals surface area contributed by atoms with Crippen molar-refractivity contribution in [1.29, 1.82) is 0 Å². The van der Waals surface area contributed by atoms with Crippen LogP contribution in [0.15, 0.2) is 28.7 Å². The van der Waals surface area contributed by atoms with E-state index in [0.717, 1.165) is 17.6 Å². The van der Waals surface area contributed by atoms with Crippen molar-refractivity contribution >= 4 is 17.1 Å². The second-order valence-electron chi connectivity index (χ2n) is 3.38. The Labute approximate surface area is 93.2 Å². The Balaban J connectivity index is 2.44. The van der Waals surface area contributed by atoms with Crippen LogP contribution in [0.1, 0.15) is 12.7 Å². The first-order valence-electron chi connectivity index (χ1n) is 5.15. The summed E-state index contributed by atoms with van der Waals surface area (Å²) in [6, 6.07) is 7.41. The van der Waals surface area contributed by atoms with Gasteiger partial charge in [0.25, 0.3) is 0 Å². The highest BCUT2D eigenvalue weighted by Crippen LogP contribution is 2.28. The lowest BCUT2D eigenvalue weighted by Gasteiger charge is -2.02. The van der Waals surface area contributed by atoms with Gasteiger partial charge in [0.15, 0.2) is 11.3 Å². The monoisotopic (exact) mass is 219 g/mol. The summed E-state index contributed by atoms with van der Waals surface area (Å²) < 4.78 is 10.7. The second-order valence-corrected chi connectivity index (χ2v) is 3.38. The standard InChI is InChI=1S/C12H13NO3/c1-3-9-7-8-5-4-6-10(11(8)15-9)16-12(14)13-2/h4-7H,3H2,1-2H3,(H,13,14). The summed E-state index contributed by atoms with van der Waals surface area (Å²) in [6.45, 7) is 2.01. The Kier molecular flexibility index (Phi) is 2.81. The molecule has 0 aliphatic heterocycles. The normalized spacial score (nSPS) is 10.4. The molecule has 4 heteroatoms. The summed E-state index contributed by atoms with van der Waals surface area (Å²) in [6.07, 6.45) is 0.315. The van der Waals surface area contributed by atoms with Crippen LogP contribution < -0.4 is 10.1 Å². The molecule has 16 heavy (non-hydrogen) atoms. The fourth-order valence-corrected chi connectivity index (χ4v) is 1.50. The van der Waals surface area contributed by atoms with Gasteiger partial charge in [-0.15, -0.1) is 0 Å².